The fourth-order valence-electron chi connectivity index (χ4n) is 3.80. The highest BCUT2D eigenvalue weighted by Gasteiger charge is 2.24. The number of amides is 1. The van der Waals surface area contributed by atoms with Crippen LogP contribution in [0.4, 0.5) is 5.69 Å². The minimum absolute atomic E-state index is 0.0182. The van der Waals surface area contributed by atoms with Crippen molar-refractivity contribution >= 4 is 11.6 Å². The maximum atomic E-state index is 12.9. The van der Waals surface area contributed by atoms with Gasteiger partial charge in [-0.15, -0.1) is 0 Å². The van der Waals surface area contributed by atoms with E-state index in [1.807, 2.05) is 35.2 Å². The smallest absolute Gasteiger partial charge is 0.272 e. The highest BCUT2D eigenvalue weighted by Crippen LogP contribution is 2.23. The van der Waals surface area contributed by atoms with E-state index in [9.17, 15) is 4.79 Å². The van der Waals surface area contributed by atoms with Crippen molar-refractivity contribution in [3.8, 4) is 0 Å². The summed E-state index contributed by atoms with van der Waals surface area (Å²) in [4.78, 5) is 23.5. The SMILES string of the molecule is O=C(c1cc(NCc2ccccn2)ccn1)N1CCC(Cc2ccccc2)CC1. The topological polar surface area (TPSA) is 58.1 Å². The van der Waals surface area contributed by atoms with Crippen molar-refractivity contribution in [2.75, 3.05) is 18.4 Å². The van der Waals surface area contributed by atoms with Gasteiger partial charge in [-0.2, -0.15) is 0 Å². The Kier molecular flexibility index (Phi) is 6.15. The second-order valence-corrected chi connectivity index (χ2v) is 7.53. The molecule has 0 aliphatic carbocycles. The number of nitrogens with one attached hydrogen (secondary N) is 1. The molecule has 0 unspecified atom stereocenters. The molecule has 1 amide bonds. The Balaban J connectivity index is 1.31. The molecule has 5 nitrogen and oxygen atoms in total. The predicted octanol–water partition coefficient (Wildman–Crippen LogP) is 4.18. The molecule has 0 radical (unpaired) electrons. The van der Waals surface area contributed by atoms with Crippen LogP contribution in [0.15, 0.2) is 73.1 Å². The molecule has 148 valence electrons. The van der Waals surface area contributed by atoms with Gasteiger partial charge < -0.3 is 10.2 Å². The Labute approximate surface area is 171 Å². The Bertz CT molecular complexity index is 922. The van der Waals surface area contributed by atoms with E-state index in [1.165, 1.54) is 5.56 Å². The number of benzene rings is 1. The summed E-state index contributed by atoms with van der Waals surface area (Å²) in [5.41, 5.74) is 3.72. The first-order valence-corrected chi connectivity index (χ1v) is 10.2. The quantitative estimate of drug-likeness (QED) is 0.690. The average Bonchev–Trinajstić information content (AvgIpc) is 2.79. The van der Waals surface area contributed by atoms with Crippen molar-refractivity contribution in [3.63, 3.8) is 0 Å². The third kappa shape index (κ3) is 5.19. The number of pyridine rings is 2. The van der Waals surface area contributed by atoms with Crippen molar-refractivity contribution in [2.45, 2.75) is 25.8 Å². The lowest BCUT2D eigenvalue weighted by Gasteiger charge is -2.32. The van der Waals surface area contributed by atoms with Crippen molar-refractivity contribution in [1.29, 1.82) is 0 Å². The zero-order valence-corrected chi connectivity index (χ0v) is 16.5. The Morgan fingerprint density at radius 2 is 1.76 bits per heavy atom. The van der Waals surface area contributed by atoms with E-state index in [2.05, 4.69) is 45.6 Å². The first kappa shape index (κ1) is 19.1. The zero-order valence-electron chi connectivity index (χ0n) is 16.5. The van der Waals surface area contributed by atoms with E-state index in [0.29, 0.717) is 18.2 Å². The summed E-state index contributed by atoms with van der Waals surface area (Å²) < 4.78 is 0. The molecule has 1 N–H and O–H groups in total. The molecular weight excluding hydrogens is 360 g/mol. The monoisotopic (exact) mass is 386 g/mol. The van der Waals surface area contributed by atoms with Crippen LogP contribution < -0.4 is 5.32 Å². The molecule has 1 saturated heterocycles. The molecule has 3 aromatic rings. The molecule has 29 heavy (non-hydrogen) atoms. The van der Waals surface area contributed by atoms with Crippen LogP contribution in [0.1, 0.15) is 34.6 Å². The number of hydrogen-bond acceptors (Lipinski definition) is 4. The van der Waals surface area contributed by atoms with E-state index < -0.39 is 0 Å². The summed E-state index contributed by atoms with van der Waals surface area (Å²) in [7, 11) is 0. The molecule has 1 aromatic carbocycles. The Morgan fingerprint density at radius 3 is 2.52 bits per heavy atom. The molecule has 0 bridgehead atoms. The molecule has 2 aromatic heterocycles. The molecule has 1 aliphatic heterocycles. The molecule has 0 atom stereocenters. The summed E-state index contributed by atoms with van der Waals surface area (Å²) in [6.07, 6.45) is 6.64. The first-order chi connectivity index (χ1) is 14.3. The van der Waals surface area contributed by atoms with Crippen molar-refractivity contribution in [1.82, 2.24) is 14.9 Å². The summed E-state index contributed by atoms with van der Waals surface area (Å²) >= 11 is 0. The maximum Gasteiger partial charge on any atom is 0.272 e. The summed E-state index contributed by atoms with van der Waals surface area (Å²) in [5.74, 6) is 0.658. The molecule has 4 rings (SSSR count). The van der Waals surface area contributed by atoms with Crippen LogP contribution in [0.3, 0.4) is 0 Å². The van der Waals surface area contributed by atoms with Crippen LogP contribution in [0, 0.1) is 5.92 Å². The lowest BCUT2D eigenvalue weighted by Crippen LogP contribution is -2.39. The lowest BCUT2D eigenvalue weighted by atomic mass is 9.90. The molecule has 3 heterocycles. The fraction of sp³-hybridized carbons (Fsp3) is 0.292. The van der Waals surface area contributed by atoms with Crippen LogP contribution in [-0.4, -0.2) is 33.9 Å². The van der Waals surface area contributed by atoms with Crippen LogP contribution in [0.2, 0.25) is 0 Å². The minimum atomic E-state index is 0.0182. The minimum Gasteiger partial charge on any atom is -0.379 e. The van der Waals surface area contributed by atoms with E-state index in [4.69, 9.17) is 0 Å². The van der Waals surface area contributed by atoms with Gasteiger partial charge in [0.1, 0.15) is 5.69 Å². The predicted molar refractivity (Wildman–Crippen MR) is 115 cm³/mol. The average molecular weight is 386 g/mol. The Hall–Kier alpha value is -3.21. The number of likely N-dealkylation sites (tertiary alicyclic amines) is 1. The van der Waals surface area contributed by atoms with E-state index in [1.54, 1.807) is 12.4 Å². The number of hydrogen-bond donors (Lipinski definition) is 1. The van der Waals surface area contributed by atoms with Crippen LogP contribution in [0.5, 0.6) is 0 Å². The van der Waals surface area contributed by atoms with Gasteiger partial charge in [-0.3, -0.25) is 14.8 Å². The second-order valence-electron chi connectivity index (χ2n) is 7.53. The van der Waals surface area contributed by atoms with Crippen molar-refractivity contribution in [2.24, 2.45) is 5.92 Å². The number of rotatable bonds is 6. The molecular formula is C24H26N4O. The standard InChI is InChI=1S/C24H26N4O/c29-24(28-14-10-20(11-15-28)16-19-6-2-1-3-7-19)23-17-21(9-13-26-23)27-18-22-8-4-5-12-25-22/h1-9,12-13,17,20H,10-11,14-16,18H2,(H,26,27). The van der Waals surface area contributed by atoms with E-state index in [-0.39, 0.29) is 5.91 Å². The van der Waals surface area contributed by atoms with Gasteiger partial charge in [0, 0.05) is 31.2 Å². The van der Waals surface area contributed by atoms with Gasteiger partial charge in [0.2, 0.25) is 0 Å². The lowest BCUT2D eigenvalue weighted by molar-refractivity contribution is 0.0684. The summed E-state index contributed by atoms with van der Waals surface area (Å²) in [6.45, 7) is 2.20. The van der Waals surface area contributed by atoms with Gasteiger partial charge in [-0.1, -0.05) is 36.4 Å². The fourth-order valence-corrected chi connectivity index (χ4v) is 3.80. The molecule has 5 heteroatoms. The number of piperidine rings is 1. The highest BCUT2D eigenvalue weighted by molar-refractivity contribution is 5.93. The summed E-state index contributed by atoms with van der Waals surface area (Å²) in [6, 6.07) is 20.2. The summed E-state index contributed by atoms with van der Waals surface area (Å²) in [5, 5.41) is 3.32. The van der Waals surface area contributed by atoms with Crippen molar-refractivity contribution < 1.29 is 4.79 Å². The van der Waals surface area contributed by atoms with Crippen LogP contribution >= 0.6 is 0 Å². The second kappa shape index (κ2) is 9.32. The van der Waals surface area contributed by atoms with Gasteiger partial charge in [-0.25, -0.2) is 0 Å². The maximum absolute atomic E-state index is 12.9. The number of carbonyl (C=O) groups is 1. The van der Waals surface area contributed by atoms with Gasteiger partial charge in [0.05, 0.1) is 12.2 Å². The van der Waals surface area contributed by atoms with Gasteiger partial charge in [-0.05, 0) is 55.0 Å². The third-order valence-corrected chi connectivity index (χ3v) is 5.45. The number of aromatic nitrogens is 2. The van der Waals surface area contributed by atoms with E-state index >= 15 is 0 Å². The molecule has 0 spiro atoms. The van der Waals surface area contributed by atoms with Crippen LogP contribution in [0.25, 0.3) is 0 Å². The molecule has 0 saturated carbocycles. The first-order valence-electron chi connectivity index (χ1n) is 10.2. The van der Waals surface area contributed by atoms with Gasteiger partial charge >= 0.3 is 0 Å². The Morgan fingerprint density at radius 1 is 0.966 bits per heavy atom. The normalized spacial score (nSPS) is 14.6. The number of anilines is 1. The number of nitrogens with zero attached hydrogens (tertiary/aromatic N) is 3. The van der Waals surface area contributed by atoms with Gasteiger partial charge in [0.25, 0.3) is 5.91 Å². The highest BCUT2D eigenvalue weighted by atomic mass is 16.2. The van der Waals surface area contributed by atoms with Crippen molar-refractivity contribution in [3.05, 3.63) is 90.0 Å². The largest absolute Gasteiger partial charge is 0.379 e. The molecule has 1 aliphatic rings. The molecule has 1 fully saturated rings. The number of carbonyl (C=O) groups excluding carboxylic acids is 1. The zero-order chi connectivity index (χ0) is 19.9. The third-order valence-electron chi connectivity index (χ3n) is 5.45. The van der Waals surface area contributed by atoms with E-state index in [0.717, 1.165) is 43.7 Å². The van der Waals surface area contributed by atoms with Crippen LogP contribution in [-0.2, 0) is 13.0 Å². The van der Waals surface area contributed by atoms with Gasteiger partial charge in [0.15, 0.2) is 0 Å².